The first-order valence-corrected chi connectivity index (χ1v) is 2.94. The minimum Gasteiger partial charge on any atom is -0.395 e. The van der Waals surface area contributed by atoms with Gasteiger partial charge in [-0.1, -0.05) is 0 Å². The molecule has 0 saturated heterocycles. The number of hydrogen-bond acceptors (Lipinski definition) is 6. The number of aliphatic hydroxyl groups is 5. The fourth-order valence-electron chi connectivity index (χ4n) is 0.486. The van der Waals surface area contributed by atoms with Gasteiger partial charge in [0.05, 0.1) is 52.0 Å². The molecule has 5 N–H and O–H groups in total. The first-order chi connectivity index (χ1) is 14.4. The van der Waals surface area contributed by atoms with Crippen molar-refractivity contribution in [3.8, 4) is 0 Å². The third kappa shape index (κ3) is 3.16. The second kappa shape index (κ2) is 7.10. The van der Waals surface area contributed by atoms with E-state index in [-0.39, 0.29) is 0 Å². The summed E-state index contributed by atoms with van der Waals surface area (Å²) in [5.41, 5.74) is -4.82. The van der Waals surface area contributed by atoms with Crippen LogP contribution in [-0.4, -0.2) is 88.9 Å². The molecule has 0 radical (unpaired) electrons. The van der Waals surface area contributed by atoms with E-state index < -0.39 is 56.2 Å². The van der Waals surface area contributed by atoms with Crippen molar-refractivity contribution >= 4 is 0 Å². The molecule has 0 aliphatic rings. The zero-order valence-electron chi connectivity index (χ0n) is 25.5. The van der Waals surface area contributed by atoms with Gasteiger partial charge in [0.2, 0.25) is 7.16 Å². The van der Waals surface area contributed by atoms with E-state index in [0.717, 1.165) is 0 Å². The van der Waals surface area contributed by atoms with Gasteiger partial charge in [-0.25, -0.2) is 0 Å². The molecule has 0 bridgehead atoms. The zero-order chi connectivity index (χ0) is 27.1. The smallest absolute Gasteiger partial charge is 0.210 e. The van der Waals surface area contributed by atoms with Crippen molar-refractivity contribution in [1.29, 1.82) is 7.16 Å². The van der Waals surface area contributed by atoms with Gasteiger partial charge in [0.15, 0.2) is 0 Å². The molecular weight excluding hydrogens is 190 g/mol. The summed E-state index contributed by atoms with van der Waals surface area (Å²) >= 11 is 0. The van der Waals surface area contributed by atoms with Gasteiger partial charge in [-0.15, -0.1) is 0 Å². The van der Waals surface area contributed by atoms with Crippen LogP contribution in [0.2, 0.25) is 0 Å². The quantitative estimate of drug-likeness (QED) is 0.230. The van der Waals surface area contributed by atoms with Crippen molar-refractivity contribution in [2.24, 2.45) is 0 Å². The number of β-amino-alcohol motifs (C(OH)–C–C–N with tert-alkyl or cyclic N) is 2. The van der Waals surface area contributed by atoms with Crippen molar-refractivity contribution in [3.63, 3.8) is 0 Å². The van der Waals surface area contributed by atoms with Crippen molar-refractivity contribution in [3.05, 3.63) is 0 Å². The number of nitrogens with zero attached hydrogens (tertiary/aromatic N) is 1. The minimum atomic E-state index is -4.82. The summed E-state index contributed by atoms with van der Waals surface area (Å²) in [7, 11) is 0. The third-order valence-corrected chi connectivity index (χ3v) is 1.09. The molecule has 0 aromatic heterocycles. The van der Waals surface area contributed by atoms with E-state index in [1.54, 1.807) is 0 Å². The lowest BCUT2D eigenvalue weighted by Crippen LogP contribution is -2.58. The molecule has 0 aromatic carbocycles. The molecule has 0 aromatic rings. The summed E-state index contributed by atoms with van der Waals surface area (Å²) in [6.45, 7) is -31.1. The minimum absolute atomic E-state index is 1.30. The Bertz CT molecular complexity index is 602. The average Bonchev–Trinajstić information content (AvgIpc) is 2.70. The Morgan fingerprint density at radius 1 is 0.929 bits per heavy atom. The molecule has 86 valence electrons. The monoisotopic (exact) mass is 228 g/mol. The van der Waals surface area contributed by atoms with Crippen LogP contribution in [0.25, 0.3) is 0 Å². The lowest BCUT2D eigenvalue weighted by atomic mass is 10.0. The molecule has 0 atom stereocenters. The van der Waals surface area contributed by atoms with E-state index in [9.17, 15) is 0 Å². The molecule has 0 fully saturated rings. The van der Waals surface area contributed by atoms with Crippen LogP contribution in [0.15, 0.2) is 0 Å². The van der Waals surface area contributed by atoms with Crippen LogP contribution < -0.4 is 0 Å². The molecule has 0 rings (SSSR count). The highest BCUT2D eigenvalue weighted by Crippen LogP contribution is 2.13. The van der Waals surface area contributed by atoms with Gasteiger partial charge >= 0.3 is 0 Å². The lowest BCUT2D eigenvalue weighted by Gasteiger charge is -2.39. The molecule has 0 unspecified atom stereocenters. The first-order valence-electron chi connectivity index (χ1n) is 12.0. The normalized spacial score (nSPS) is 39.1. The van der Waals surface area contributed by atoms with Crippen LogP contribution in [0.4, 0.5) is 0 Å². The molecule has 0 amide bonds. The number of hydrogen-bond donors (Lipinski definition) is 5. The van der Waals surface area contributed by atoms with Crippen molar-refractivity contribution in [2.75, 3.05) is 45.8 Å². The van der Waals surface area contributed by atoms with Crippen molar-refractivity contribution in [1.82, 2.24) is 4.90 Å². The fourth-order valence-corrected chi connectivity index (χ4v) is 0.486. The maximum absolute atomic E-state index is 8.02. The molecule has 6 nitrogen and oxygen atoms in total. The lowest BCUT2D eigenvalue weighted by molar-refractivity contribution is -0.0578. The Hall–Kier alpha value is -0.240. The molecule has 0 spiro atoms. The predicted molar refractivity (Wildman–Crippen MR) is 49.7 cm³/mol. The molecule has 0 aliphatic carbocycles. The van der Waals surface area contributed by atoms with Gasteiger partial charge in [0, 0.05) is 18.5 Å². The van der Waals surface area contributed by atoms with E-state index in [1.165, 1.54) is 0 Å². The summed E-state index contributed by atoms with van der Waals surface area (Å²) in [5, 5.41) is 17.9. The highest BCUT2D eigenvalue weighted by molar-refractivity contribution is 4.89. The van der Waals surface area contributed by atoms with Crippen LogP contribution in [0.1, 0.15) is 19.2 Å². The van der Waals surface area contributed by atoms with Gasteiger partial charge in [-0.2, -0.15) is 0 Å². The van der Waals surface area contributed by atoms with Crippen molar-refractivity contribution in [2.45, 2.75) is 5.54 Å². The predicted octanol–water partition coefficient (Wildman–Crippen LogP) is -3.01. The van der Waals surface area contributed by atoms with Gasteiger partial charge in [0.25, 0.3) is 0 Å². The Morgan fingerprint density at radius 3 is 1.79 bits per heavy atom. The van der Waals surface area contributed by atoms with Gasteiger partial charge in [-0.05, 0) is 0 Å². The Balaban J connectivity index is 8.37. The maximum atomic E-state index is 8.02. The maximum Gasteiger partial charge on any atom is 0.210 e. The third-order valence-electron chi connectivity index (χ3n) is 1.09. The van der Waals surface area contributed by atoms with Crippen LogP contribution in [-0.2, 0) is 0 Å². The zero-order valence-corrected chi connectivity index (χ0v) is 6.49. The van der Waals surface area contributed by atoms with Gasteiger partial charge < -0.3 is 25.5 Å². The van der Waals surface area contributed by atoms with Crippen LogP contribution in [0, 0.1) is 0 Å². The highest BCUT2D eigenvalue weighted by atomic mass is 16.3. The molecular formula is C8H19NO5. The van der Waals surface area contributed by atoms with E-state index in [2.05, 4.69) is 25.5 Å². The van der Waals surface area contributed by atoms with Gasteiger partial charge in [0.1, 0.15) is 0 Å². The Kier molecular flexibility index (Phi) is 1.13. The summed E-state index contributed by atoms with van der Waals surface area (Å²) in [4.78, 5) is -1.30. The first kappa shape index (κ1) is 2.22. The summed E-state index contributed by atoms with van der Waals surface area (Å²) in [5.74, 6) is 0. The number of rotatable bonds is 13. The van der Waals surface area contributed by atoms with E-state index in [0.29, 0.717) is 0 Å². The largest absolute Gasteiger partial charge is 0.395 e. The highest BCUT2D eigenvalue weighted by Gasteiger charge is 2.34. The molecule has 0 aliphatic heterocycles. The molecule has 6 heteroatoms. The summed E-state index contributed by atoms with van der Waals surface area (Å²) < 4.78 is 144. The van der Waals surface area contributed by atoms with E-state index in [4.69, 9.17) is 26.3 Å². The van der Waals surface area contributed by atoms with E-state index >= 15 is 0 Å². The topological polar surface area (TPSA) is 104 Å². The molecule has 14 heavy (non-hydrogen) atoms. The standard InChI is InChI=1S/C8H19NO5/c10-3-1-9(2-4-11)8(5-12,6-13)7-14/h10-14H,1-7H2/i1D2,2D2,3D2,4D2,5D2,6D2,7D2,10D,11D,12D,13D,14D. The second-order valence-corrected chi connectivity index (χ2v) is 1.78. The molecule has 0 heterocycles. The fraction of sp³-hybridized carbons (Fsp3) is 1.00. The van der Waals surface area contributed by atoms with Gasteiger partial charge in [-0.3, -0.25) is 4.90 Å². The Labute approximate surface area is 110 Å². The summed E-state index contributed by atoms with van der Waals surface area (Å²) in [6, 6.07) is 0. The molecule has 0 saturated carbocycles. The van der Waals surface area contributed by atoms with E-state index in [1.807, 2.05) is 0 Å². The second-order valence-electron chi connectivity index (χ2n) is 1.78. The van der Waals surface area contributed by atoms with Crippen LogP contribution in [0.5, 0.6) is 0 Å². The van der Waals surface area contributed by atoms with Crippen LogP contribution in [0.3, 0.4) is 0 Å². The summed E-state index contributed by atoms with van der Waals surface area (Å²) in [6.07, 6.45) is 0. The van der Waals surface area contributed by atoms with Crippen molar-refractivity contribution < 1.29 is 44.7 Å². The Morgan fingerprint density at radius 2 is 1.43 bits per heavy atom. The SMILES string of the molecule is [2H]OC([2H])([2H])C([2H])([2H])N(C([2H])([2H])C([2H])([2H])O[2H])C(C([2H])([2H])O[2H])(C([2H])([2H])O[2H])C([2H])([2H])O[2H]. The average molecular weight is 228 g/mol. The van der Waals surface area contributed by atoms with Crippen LogP contribution >= 0.6 is 0 Å².